The minimum Gasteiger partial charge on any atom is -0.396 e. The molecule has 1 aliphatic rings. The van der Waals surface area contributed by atoms with Gasteiger partial charge in [-0.25, -0.2) is 0 Å². The van der Waals surface area contributed by atoms with Crippen LogP contribution >= 0.6 is 0 Å². The highest BCUT2D eigenvalue weighted by atomic mass is 16.3. The van der Waals surface area contributed by atoms with E-state index in [0.717, 1.165) is 30.5 Å². The van der Waals surface area contributed by atoms with Gasteiger partial charge in [0.05, 0.1) is 12.1 Å². The van der Waals surface area contributed by atoms with Crippen LogP contribution in [0.5, 0.6) is 0 Å². The minimum atomic E-state index is -0.211. The van der Waals surface area contributed by atoms with E-state index < -0.39 is 0 Å². The van der Waals surface area contributed by atoms with Crippen molar-refractivity contribution in [3.8, 4) is 0 Å². The van der Waals surface area contributed by atoms with E-state index in [9.17, 15) is 5.11 Å². The van der Waals surface area contributed by atoms with Gasteiger partial charge in [-0.05, 0) is 43.4 Å². The maximum absolute atomic E-state index is 9.69. The van der Waals surface area contributed by atoms with Crippen molar-refractivity contribution < 1.29 is 10.2 Å². The maximum Gasteiger partial charge on any atom is 0.0741 e. The molecule has 0 heterocycles. The van der Waals surface area contributed by atoms with Gasteiger partial charge in [-0.2, -0.15) is 0 Å². The van der Waals surface area contributed by atoms with Gasteiger partial charge in [0.1, 0.15) is 0 Å². The molecule has 16 heavy (non-hydrogen) atoms. The lowest BCUT2D eigenvalue weighted by molar-refractivity contribution is 0.172. The molecule has 0 radical (unpaired) electrons. The first-order valence-corrected chi connectivity index (χ1v) is 5.94. The van der Waals surface area contributed by atoms with Gasteiger partial charge in [0.25, 0.3) is 0 Å². The number of hydrogen-bond donors (Lipinski definition) is 3. The number of aliphatic hydroxyl groups is 2. The number of anilines is 1. The topological polar surface area (TPSA) is 52.5 Å². The fourth-order valence-electron chi connectivity index (χ4n) is 2.22. The van der Waals surface area contributed by atoms with E-state index in [1.54, 1.807) is 0 Å². The van der Waals surface area contributed by atoms with Crippen LogP contribution in [0.3, 0.4) is 0 Å². The van der Waals surface area contributed by atoms with Crippen molar-refractivity contribution in [1.29, 1.82) is 0 Å². The average Bonchev–Trinajstić information content (AvgIpc) is 2.68. The molecule has 3 heteroatoms. The van der Waals surface area contributed by atoms with E-state index in [4.69, 9.17) is 5.11 Å². The zero-order valence-electron chi connectivity index (χ0n) is 9.39. The van der Waals surface area contributed by atoms with E-state index in [2.05, 4.69) is 5.32 Å². The number of rotatable bonds is 4. The molecule has 2 atom stereocenters. The van der Waals surface area contributed by atoms with Crippen molar-refractivity contribution in [3.63, 3.8) is 0 Å². The number of aliphatic hydroxyl groups excluding tert-OH is 2. The summed E-state index contributed by atoms with van der Waals surface area (Å²) < 4.78 is 0. The quantitative estimate of drug-likeness (QED) is 0.723. The van der Waals surface area contributed by atoms with Crippen molar-refractivity contribution in [2.75, 3.05) is 11.9 Å². The summed E-state index contributed by atoms with van der Waals surface area (Å²) in [5.41, 5.74) is 2.19. The lowest BCUT2D eigenvalue weighted by Crippen LogP contribution is -2.27. The summed E-state index contributed by atoms with van der Waals surface area (Å²) in [4.78, 5) is 0. The second-order valence-corrected chi connectivity index (χ2v) is 4.42. The molecule has 1 aliphatic carbocycles. The first-order chi connectivity index (χ1) is 7.79. The predicted molar refractivity (Wildman–Crippen MR) is 64.5 cm³/mol. The molecule has 0 aliphatic heterocycles. The Morgan fingerprint density at radius 3 is 2.50 bits per heavy atom. The summed E-state index contributed by atoms with van der Waals surface area (Å²) in [5, 5.41) is 21.8. The van der Waals surface area contributed by atoms with E-state index in [1.807, 2.05) is 24.3 Å². The monoisotopic (exact) mass is 221 g/mol. The van der Waals surface area contributed by atoms with Crippen LogP contribution in [0.2, 0.25) is 0 Å². The van der Waals surface area contributed by atoms with Crippen molar-refractivity contribution in [1.82, 2.24) is 0 Å². The zero-order chi connectivity index (χ0) is 11.4. The standard InChI is InChI=1S/C13H19NO2/c15-9-8-10-4-6-11(7-5-10)14-12-2-1-3-13(12)16/h4-7,12-16H,1-3,8-9H2/t12-,13-/m1/s1. The molecule has 1 aromatic rings. The molecular formula is C13H19NO2. The fourth-order valence-corrected chi connectivity index (χ4v) is 2.22. The zero-order valence-corrected chi connectivity index (χ0v) is 9.39. The molecule has 3 nitrogen and oxygen atoms in total. The SMILES string of the molecule is OCCc1ccc(N[C@@H]2CCC[C@H]2O)cc1. The Bertz CT molecular complexity index is 323. The molecule has 0 saturated heterocycles. The molecule has 2 rings (SSSR count). The van der Waals surface area contributed by atoms with Crippen LogP contribution < -0.4 is 5.32 Å². The molecule has 0 aromatic heterocycles. The molecular weight excluding hydrogens is 202 g/mol. The average molecular weight is 221 g/mol. The number of benzene rings is 1. The van der Waals surface area contributed by atoms with Gasteiger partial charge in [-0.1, -0.05) is 12.1 Å². The number of nitrogens with one attached hydrogen (secondary N) is 1. The van der Waals surface area contributed by atoms with E-state index in [0.29, 0.717) is 6.42 Å². The van der Waals surface area contributed by atoms with Crippen LogP contribution in [-0.2, 0) is 6.42 Å². The third-order valence-corrected chi connectivity index (χ3v) is 3.19. The second kappa shape index (κ2) is 5.32. The summed E-state index contributed by atoms with van der Waals surface area (Å²) in [6.07, 6.45) is 3.53. The third-order valence-electron chi connectivity index (χ3n) is 3.19. The van der Waals surface area contributed by atoms with Crippen LogP contribution in [0.4, 0.5) is 5.69 Å². The predicted octanol–water partition coefficient (Wildman–Crippen LogP) is 1.55. The molecule has 0 amide bonds. The highest BCUT2D eigenvalue weighted by Crippen LogP contribution is 2.23. The van der Waals surface area contributed by atoms with Crippen LogP contribution in [0, 0.1) is 0 Å². The molecule has 0 bridgehead atoms. The Morgan fingerprint density at radius 1 is 1.19 bits per heavy atom. The Balaban J connectivity index is 1.94. The van der Waals surface area contributed by atoms with Gasteiger partial charge in [0, 0.05) is 12.3 Å². The summed E-state index contributed by atoms with van der Waals surface area (Å²) >= 11 is 0. The van der Waals surface area contributed by atoms with Crippen molar-refractivity contribution in [3.05, 3.63) is 29.8 Å². The van der Waals surface area contributed by atoms with Crippen LogP contribution in [0.25, 0.3) is 0 Å². The summed E-state index contributed by atoms with van der Waals surface area (Å²) in [7, 11) is 0. The molecule has 1 saturated carbocycles. The molecule has 0 unspecified atom stereocenters. The Labute approximate surface area is 96.1 Å². The van der Waals surface area contributed by atoms with E-state index in [1.165, 1.54) is 0 Å². The van der Waals surface area contributed by atoms with Crippen molar-refractivity contribution >= 4 is 5.69 Å². The van der Waals surface area contributed by atoms with Gasteiger partial charge in [0.2, 0.25) is 0 Å². The fraction of sp³-hybridized carbons (Fsp3) is 0.538. The normalized spacial score (nSPS) is 24.6. The Hall–Kier alpha value is -1.06. The van der Waals surface area contributed by atoms with E-state index >= 15 is 0 Å². The van der Waals surface area contributed by atoms with Crippen molar-refractivity contribution in [2.24, 2.45) is 0 Å². The molecule has 1 aromatic carbocycles. The van der Waals surface area contributed by atoms with Crippen LogP contribution in [-0.4, -0.2) is 29.0 Å². The molecule has 0 spiro atoms. The van der Waals surface area contributed by atoms with Gasteiger partial charge in [-0.3, -0.25) is 0 Å². The Kier molecular flexibility index (Phi) is 3.80. The minimum absolute atomic E-state index is 0.189. The third kappa shape index (κ3) is 2.74. The molecule has 1 fully saturated rings. The van der Waals surface area contributed by atoms with Crippen LogP contribution in [0.15, 0.2) is 24.3 Å². The maximum atomic E-state index is 9.69. The summed E-state index contributed by atoms with van der Waals surface area (Å²) in [6.45, 7) is 0.189. The van der Waals surface area contributed by atoms with Gasteiger partial charge in [-0.15, -0.1) is 0 Å². The lowest BCUT2D eigenvalue weighted by Gasteiger charge is -2.17. The van der Waals surface area contributed by atoms with Gasteiger partial charge in [0.15, 0.2) is 0 Å². The number of hydrogen-bond acceptors (Lipinski definition) is 3. The van der Waals surface area contributed by atoms with Crippen LogP contribution in [0.1, 0.15) is 24.8 Å². The molecule has 3 N–H and O–H groups in total. The lowest BCUT2D eigenvalue weighted by atomic mass is 10.1. The first-order valence-electron chi connectivity index (χ1n) is 5.94. The summed E-state index contributed by atoms with van der Waals surface area (Å²) in [6, 6.07) is 8.25. The highest BCUT2D eigenvalue weighted by Gasteiger charge is 2.24. The highest BCUT2D eigenvalue weighted by molar-refractivity contribution is 5.45. The smallest absolute Gasteiger partial charge is 0.0741 e. The largest absolute Gasteiger partial charge is 0.396 e. The van der Waals surface area contributed by atoms with Gasteiger partial charge >= 0.3 is 0 Å². The first kappa shape index (κ1) is 11.4. The summed E-state index contributed by atoms with van der Waals surface area (Å²) in [5.74, 6) is 0. The second-order valence-electron chi connectivity index (χ2n) is 4.42. The van der Waals surface area contributed by atoms with Gasteiger partial charge < -0.3 is 15.5 Å². The Morgan fingerprint density at radius 2 is 1.94 bits per heavy atom. The van der Waals surface area contributed by atoms with Crippen molar-refractivity contribution in [2.45, 2.75) is 37.8 Å². The van der Waals surface area contributed by atoms with E-state index in [-0.39, 0.29) is 18.8 Å². The molecule has 88 valence electrons.